The number of nitriles is 1. The lowest BCUT2D eigenvalue weighted by molar-refractivity contribution is 0.751. The molecule has 0 aromatic heterocycles. The fraction of sp³-hybridized carbons (Fsp3) is 0.286. The third-order valence-corrected chi connectivity index (χ3v) is 2.70. The van der Waals surface area contributed by atoms with E-state index in [0.717, 1.165) is 0 Å². The highest BCUT2D eigenvalue weighted by atomic mass is 79.9. The number of allylic oxidation sites excluding steroid dienone is 2. The summed E-state index contributed by atoms with van der Waals surface area (Å²) in [6.45, 7) is 0. The van der Waals surface area contributed by atoms with Crippen molar-refractivity contribution in [2.45, 2.75) is 10.4 Å². The molecule has 4 heteroatoms. The van der Waals surface area contributed by atoms with Crippen LogP contribution in [0.2, 0.25) is 0 Å². The molecule has 0 fully saturated rings. The topological polar surface area (TPSA) is 49.8 Å². The van der Waals surface area contributed by atoms with Crippen molar-refractivity contribution in [1.29, 1.82) is 5.26 Å². The van der Waals surface area contributed by atoms with Gasteiger partial charge >= 0.3 is 0 Å². The Morgan fingerprint density at radius 3 is 2.91 bits per heavy atom. The van der Waals surface area contributed by atoms with Crippen LogP contribution in [-0.4, -0.2) is 10.4 Å². The zero-order valence-electron chi connectivity index (χ0n) is 5.59. The third-order valence-electron chi connectivity index (χ3n) is 1.48. The first-order valence-electron chi connectivity index (χ1n) is 3.01. The largest absolute Gasteiger partial charge is 0.322 e. The average Bonchev–Trinajstić information content (AvgIpc) is 1.98. The van der Waals surface area contributed by atoms with Gasteiger partial charge in [-0.3, -0.25) is 0 Å². The highest BCUT2D eigenvalue weighted by molar-refractivity contribution is 9.10. The van der Waals surface area contributed by atoms with Gasteiger partial charge in [0.1, 0.15) is 4.32 Å². The number of halogens is 2. The Morgan fingerprint density at radius 2 is 2.45 bits per heavy atom. The Hall–Kier alpha value is -0.300. The quantitative estimate of drug-likeness (QED) is 0.647. The first-order valence-corrected chi connectivity index (χ1v) is 4.18. The predicted molar refractivity (Wildman–Crippen MR) is 48.3 cm³/mol. The van der Waals surface area contributed by atoms with Crippen LogP contribution in [0.25, 0.3) is 0 Å². The zero-order valence-corrected chi connectivity index (χ0v) is 7.93. The van der Waals surface area contributed by atoms with Gasteiger partial charge in [0.05, 0.1) is 12.1 Å². The summed E-state index contributed by atoms with van der Waals surface area (Å²) in [6, 6.07) is 1.67. The van der Waals surface area contributed by atoms with E-state index in [1.54, 1.807) is 18.2 Å². The van der Waals surface area contributed by atoms with E-state index in [2.05, 4.69) is 22.0 Å². The minimum atomic E-state index is -0.786. The Kier molecular flexibility index (Phi) is 2.38. The predicted octanol–water partition coefficient (Wildman–Crippen LogP) is 1.66. The molecule has 0 radical (unpaired) electrons. The van der Waals surface area contributed by atoms with Gasteiger partial charge in [-0.1, -0.05) is 33.6 Å². The van der Waals surface area contributed by atoms with Gasteiger partial charge in [0.15, 0.2) is 0 Å². The molecule has 2 nitrogen and oxygen atoms in total. The van der Waals surface area contributed by atoms with Crippen LogP contribution in [0.3, 0.4) is 0 Å². The molecule has 0 aromatic rings. The highest BCUT2D eigenvalue weighted by Gasteiger charge is 2.32. The molecule has 0 amide bonds. The number of nitrogens with zero attached hydrogens (tertiary/aromatic N) is 1. The molecule has 58 valence electrons. The minimum Gasteiger partial charge on any atom is -0.322 e. The van der Waals surface area contributed by atoms with E-state index in [1.807, 2.05) is 0 Å². The van der Waals surface area contributed by atoms with Crippen LogP contribution < -0.4 is 5.73 Å². The highest BCUT2D eigenvalue weighted by Crippen LogP contribution is 2.29. The number of rotatable bonds is 0. The molecule has 0 heterocycles. The van der Waals surface area contributed by atoms with E-state index in [-0.39, 0.29) is 6.04 Å². The number of nitrogens with two attached hydrogens (primary N) is 1. The van der Waals surface area contributed by atoms with Gasteiger partial charge < -0.3 is 5.73 Å². The Bertz CT molecular complexity index is 266. The van der Waals surface area contributed by atoms with Gasteiger partial charge in [0, 0.05) is 5.03 Å². The normalized spacial score (nSPS) is 36.2. The van der Waals surface area contributed by atoms with Crippen LogP contribution in [0, 0.1) is 11.3 Å². The van der Waals surface area contributed by atoms with E-state index >= 15 is 0 Å². The molecule has 11 heavy (non-hydrogen) atoms. The molecule has 2 N–H and O–H groups in total. The average molecular weight is 233 g/mol. The molecule has 1 aliphatic rings. The molecule has 1 rings (SSSR count). The van der Waals surface area contributed by atoms with Crippen LogP contribution in [0.1, 0.15) is 0 Å². The van der Waals surface area contributed by atoms with Crippen molar-refractivity contribution in [2.24, 2.45) is 5.73 Å². The minimum absolute atomic E-state index is 0.384. The summed E-state index contributed by atoms with van der Waals surface area (Å²) in [5.74, 6) is 0. The smallest absolute Gasteiger partial charge is 0.149 e. The maximum Gasteiger partial charge on any atom is 0.149 e. The second-order valence-electron chi connectivity index (χ2n) is 2.29. The summed E-state index contributed by atoms with van der Waals surface area (Å²) in [6.07, 6.45) is 4.95. The van der Waals surface area contributed by atoms with Crippen molar-refractivity contribution < 1.29 is 0 Å². The summed E-state index contributed by atoms with van der Waals surface area (Å²) >= 11 is 8.87. The number of hydrogen-bond donors (Lipinski definition) is 1. The molecule has 0 saturated carbocycles. The van der Waals surface area contributed by atoms with Gasteiger partial charge in [-0.25, -0.2) is 0 Å². The monoisotopic (exact) mass is 232 g/mol. The van der Waals surface area contributed by atoms with Crippen molar-refractivity contribution in [3.63, 3.8) is 0 Å². The molecule has 2 unspecified atom stereocenters. The molecule has 0 aromatic carbocycles. The van der Waals surface area contributed by atoms with Crippen LogP contribution in [-0.2, 0) is 0 Å². The standard InChI is InChI=1S/C7H6BrClN2/c8-7(4-10)2-1-5(9)3-6(7)11/h1-3,6H,11H2. The molecular formula is C7H6BrClN2. The fourth-order valence-corrected chi connectivity index (χ4v) is 1.24. The van der Waals surface area contributed by atoms with Crippen molar-refractivity contribution in [3.8, 4) is 6.07 Å². The maximum absolute atomic E-state index is 8.71. The van der Waals surface area contributed by atoms with Gasteiger partial charge in [-0.05, 0) is 12.2 Å². The lowest BCUT2D eigenvalue weighted by Crippen LogP contribution is -2.40. The van der Waals surface area contributed by atoms with Gasteiger partial charge in [-0.2, -0.15) is 5.26 Å². The Morgan fingerprint density at radius 1 is 1.82 bits per heavy atom. The first-order chi connectivity index (χ1) is 5.08. The Balaban J connectivity index is 2.95. The first kappa shape index (κ1) is 8.79. The number of alkyl halides is 1. The second-order valence-corrected chi connectivity index (χ2v) is 4.04. The maximum atomic E-state index is 8.71. The summed E-state index contributed by atoms with van der Waals surface area (Å²) < 4.78 is -0.786. The zero-order chi connectivity index (χ0) is 8.48. The summed E-state index contributed by atoms with van der Waals surface area (Å²) in [4.78, 5) is 0. The summed E-state index contributed by atoms with van der Waals surface area (Å²) in [7, 11) is 0. The van der Waals surface area contributed by atoms with Crippen molar-refractivity contribution >= 4 is 27.5 Å². The molecule has 2 atom stereocenters. The van der Waals surface area contributed by atoms with Gasteiger partial charge in [0.25, 0.3) is 0 Å². The molecular weight excluding hydrogens is 227 g/mol. The summed E-state index contributed by atoms with van der Waals surface area (Å²) in [5, 5.41) is 9.28. The van der Waals surface area contributed by atoms with Crippen molar-refractivity contribution in [2.75, 3.05) is 0 Å². The van der Waals surface area contributed by atoms with Crippen LogP contribution >= 0.6 is 27.5 Å². The molecule has 1 aliphatic carbocycles. The van der Waals surface area contributed by atoms with E-state index in [4.69, 9.17) is 22.6 Å². The fourth-order valence-electron chi connectivity index (χ4n) is 0.772. The molecule has 0 saturated heterocycles. The Labute approximate surface area is 78.4 Å². The van der Waals surface area contributed by atoms with E-state index in [1.165, 1.54) is 0 Å². The van der Waals surface area contributed by atoms with Gasteiger partial charge in [0.2, 0.25) is 0 Å². The van der Waals surface area contributed by atoms with Crippen LogP contribution in [0.4, 0.5) is 0 Å². The SMILES string of the molecule is N#CC1(Br)C=CC(Cl)=CC1N. The molecule has 0 bridgehead atoms. The van der Waals surface area contributed by atoms with E-state index < -0.39 is 4.32 Å². The molecule has 0 spiro atoms. The van der Waals surface area contributed by atoms with E-state index in [0.29, 0.717) is 5.03 Å². The van der Waals surface area contributed by atoms with E-state index in [9.17, 15) is 0 Å². The third kappa shape index (κ3) is 1.64. The van der Waals surface area contributed by atoms with Crippen molar-refractivity contribution in [1.82, 2.24) is 0 Å². The summed E-state index contributed by atoms with van der Waals surface area (Å²) in [5.41, 5.74) is 5.63. The van der Waals surface area contributed by atoms with Crippen LogP contribution in [0.5, 0.6) is 0 Å². The second kappa shape index (κ2) is 2.98. The van der Waals surface area contributed by atoms with Crippen LogP contribution in [0.15, 0.2) is 23.3 Å². The van der Waals surface area contributed by atoms with Gasteiger partial charge in [-0.15, -0.1) is 0 Å². The van der Waals surface area contributed by atoms with Crippen molar-refractivity contribution in [3.05, 3.63) is 23.3 Å². The number of hydrogen-bond acceptors (Lipinski definition) is 2. The molecule has 0 aliphatic heterocycles. The lowest BCUT2D eigenvalue weighted by Gasteiger charge is -2.23. The lowest BCUT2D eigenvalue weighted by atomic mass is 9.97.